The number of hydrogen-bond acceptors (Lipinski definition) is 2. The Bertz CT molecular complexity index is 661. The van der Waals surface area contributed by atoms with Crippen LogP contribution >= 0.6 is 34.2 Å². The van der Waals surface area contributed by atoms with Gasteiger partial charge in [0.25, 0.3) is 0 Å². The molecule has 0 spiro atoms. The molecule has 1 saturated carbocycles. The molecule has 6 heteroatoms. The summed E-state index contributed by atoms with van der Waals surface area (Å²) in [5.41, 5.74) is 1.68. The molecule has 3 rings (SSSR count). The highest BCUT2D eigenvalue weighted by atomic mass is 127. The Balaban J connectivity index is 2.17. The molecule has 1 aliphatic rings. The minimum Gasteiger partial charge on any atom is -0.379 e. The van der Waals surface area contributed by atoms with Gasteiger partial charge in [0.1, 0.15) is 11.6 Å². The maximum Gasteiger partial charge on any atom is 0.138 e. The number of alkyl halides is 1. The van der Waals surface area contributed by atoms with Crippen molar-refractivity contribution in [2.24, 2.45) is 0 Å². The second-order valence-corrected chi connectivity index (χ2v) is 6.90. The standard InChI is InChI=1S/C15H17ClFIN2O/c1-21-14-4-2-3-12(14)20-13-7-9(17)10(18)8-11(13)19-15(20)5-6-16/h7-8,12,14H,2-6H2,1H3. The third-order valence-electron chi connectivity index (χ3n) is 4.17. The van der Waals surface area contributed by atoms with Crippen molar-refractivity contribution in [3.05, 3.63) is 27.3 Å². The molecule has 0 saturated heterocycles. The molecule has 0 N–H and O–H groups in total. The van der Waals surface area contributed by atoms with Crippen molar-refractivity contribution in [2.45, 2.75) is 37.8 Å². The van der Waals surface area contributed by atoms with Crippen LogP contribution < -0.4 is 0 Å². The van der Waals surface area contributed by atoms with E-state index in [1.54, 1.807) is 19.2 Å². The summed E-state index contributed by atoms with van der Waals surface area (Å²) < 4.78 is 22.3. The molecule has 114 valence electrons. The maximum absolute atomic E-state index is 14.0. The molecule has 0 radical (unpaired) electrons. The van der Waals surface area contributed by atoms with Gasteiger partial charge >= 0.3 is 0 Å². The maximum atomic E-state index is 14.0. The zero-order valence-corrected chi connectivity index (χ0v) is 14.7. The van der Waals surface area contributed by atoms with E-state index in [1.165, 1.54) is 0 Å². The predicted octanol–water partition coefficient (Wildman–Crippen LogP) is 4.30. The van der Waals surface area contributed by atoms with E-state index in [4.69, 9.17) is 16.3 Å². The molecule has 1 fully saturated rings. The van der Waals surface area contributed by atoms with Crippen molar-refractivity contribution in [3.63, 3.8) is 0 Å². The number of aromatic nitrogens is 2. The molecule has 3 nitrogen and oxygen atoms in total. The van der Waals surface area contributed by atoms with Gasteiger partial charge in [0.2, 0.25) is 0 Å². The molecular formula is C15H17ClFIN2O. The smallest absolute Gasteiger partial charge is 0.138 e. The van der Waals surface area contributed by atoms with Gasteiger partial charge in [-0.25, -0.2) is 9.37 Å². The number of benzene rings is 1. The average Bonchev–Trinajstić information content (AvgIpc) is 3.03. The van der Waals surface area contributed by atoms with E-state index >= 15 is 0 Å². The monoisotopic (exact) mass is 422 g/mol. The Kier molecular flexibility index (Phi) is 4.71. The van der Waals surface area contributed by atoms with Crippen LogP contribution in [0.5, 0.6) is 0 Å². The molecular weight excluding hydrogens is 406 g/mol. The van der Waals surface area contributed by atoms with Crippen molar-refractivity contribution in [1.82, 2.24) is 9.55 Å². The third-order valence-corrected chi connectivity index (χ3v) is 5.19. The van der Waals surface area contributed by atoms with Crippen molar-refractivity contribution < 1.29 is 9.13 Å². The predicted molar refractivity (Wildman–Crippen MR) is 90.5 cm³/mol. The number of fused-ring (bicyclic) bond motifs is 1. The molecule has 2 unspecified atom stereocenters. The number of methoxy groups -OCH3 is 1. The summed E-state index contributed by atoms with van der Waals surface area (Å²) in [5, 5.41) is 0. The first-order valence-electron chi connectivity index (χ1n) is 7.10. The third kappa shape index (κ3) is 2.80. The molecule has 21 heavy (non-hydrogen) atoms. The van der Waals surface area contributed by atoms with Crippen molar-refractivity contribution in [2.75, 3.05) is 13.0 Å². The molecule has 0 aliphatic heterocycles. The highest BCUT2D eigenvalue weighted by Crippen LogP contribution is 2.36. The van der Waals surface area contributed by atoms with Crippen molar-refractivity contribution >= 4 is 45.2 Å². The van der Waals surface area contributed by atoms with Crippen LogP contribution in [0.2, 0.25) is 0 Å². The van der Waals surface area contributed by atoms with Crippen LogP contribution in [0.3, 0.4) is 0 Å². The van der Waals surface area contributed by atoms with Crippen molar-refractivity contribution in [1.29, 1.82) is 0 Å². The molecule has 1 aromatic heterocycles. The number of nitrogens with zero attached hydrogens (tertiary/aromatic N) is 2. The van der Waals surface area contributed by atoms with E-state index in [2.05, 4.69) is 9.55 Å². The van der Waals surface area contributed by atoms with Gasteiger partial charge in [0, 0.05) is 25.5 Å². The molecule has 2 aromatic rings. The Morgan fingerprint density at radius 1 is 1.48 bits per heavy atom. The Morgan fingerprint density at radius 3 is 3.00 bits per heavy atom. The van der Waals surface area contributed by atoms with Gasteiger partial charge in [-0.3, -0.25) is 0 Å². The molecule has 1 heterocycles. The van der Waals surface area contributed by atoms with E-state index < -0.39 is 0 Å². The lowest BCUT2D eigenvalue weighted by Crippen LogP contribution is -2.22. The normalized spacial score (nSPS) is 22.3. The number of imidazole rings is 1. The summed E-state index contributed by atoms with van der Waals surface area (Å²) in [6, 6.07) is 3.61. The fraction of sp³-hybridized carbons (Fsp3) is 0.533. The van der Waals surface area contributed by atoms with E-state index in [9.17, 15) is 4.39 Å². The van der Waals surface area contributed by atoms with Gasteiger partial charge in [0.15, 0.2) is 0 Å². The van der Waals surface area contributed by atoms with Crippen LogP contribution in [0.25, 0.3) is 11.0 Å². The minimum absolute atomic E-state index is 0.166. The average molecular weight is 423 g/mol. The second kappa shape index (κ2) is 6.38. The lowest BCUT2D eigenvalue weighted by molar-refractivity contribution is 0.0753. The van der Waals surface area contributed by atoms with Gasteiger partial charge in [-0.2, -0.15) is 0 Å². The summed E-state index contributed by atoms with van der Waals surface area (Å²) in [5.74, 6) is 1.23. The van der Waals surface area contributed by atoms with Crippen LogP contribution in [-0.2, 0) is 11.2 Å². The number of halogens is 3. The zero-order valence-electron chi connectivity index (χ0n) is 11.8. The number of ether oxygens (including phenoxy) is 1. The van der Waals surface area contributed by atoms with E-state index in [0.29, 0.717) is 15.9 Å². The van der Waals surface area contributed by atoms with Gasteiger partial charge in [-0.1, -0.05) is 0 Å². The van der Waals surface area contributed by atoms with Crippen LogP contribution in [0, 0.1) is 9.39 Å². The fourth-order valence-electron chi connectivity index (χ4n) is 3.25. The lowest BCUT2D eigenvalue weighted by Gasteiger charge is -2.22. The second-order valence-electron chi connectivity index (χ2n) is 5.36. The largest absolute Gasteiger partial charge is 0.379 e. The quantitative estimate of drug-likeness (QED) is 0.543. The van der Waals surface area contributed by atoms with E-state index in [-0.39, 0.29) is 18.0 Å². The van der Waals surface area contributed by atoms with E-state index in [1.807, 2.05) is 22.6 Å². The molecule has 0 amide bonds. The number of rotatable bonds is 4. The van der Waals surface area contributed by atoms with Crippen LogP contribution in [0.1, 0.15) is 31.1 Å². The zero-order chi connectivity index (χ0) is 15.0. The van der Waals surface area contributed by atoms with Gasteiger partial charge < -0.3 is 9.30 Å². The first kappa shape index (κ1) is 15.5. The Labute approximate surface area is 142 Å². The van der Waals surface area contributed by atoms with Crippen molar-refractivity contribution in [3.8, 4) is 0 Å². The molecule has 0 bridgehead atoms. The summed E-state index contributed by atoms with van der Waals surface area (Å²) in [4.78, 5) is 4.67. The Hall–Kier alpha value is -0.400. The minimum atomic E-state index is -0.200. The summed E-state index contributed by atoms with van der Waals surface area (Å²) in [6.45, 7) is 0. The fourth-order valence-corrected chi connectivity index (χ4v) is 3.87. The first-order chi connectivity index (χ1) is 10.2. The Morgan fingerprint density at radius 2 is 2.29 bits per heavy atom. The van der Waals surface area contributed by atoms with Crippen LogP contribution in [-0.4, -0.2) is 28.6 Å². The number of aryl methyl sites for hydroxylation is 1. The molecule has 1 aliphatic carbocycles. The summed E-state index contributed by atoms with van der Waals surface area (Å²) in [7, 11) is 1.74. The highest BCUT2D eigenvalue weighted by Gasteiger charge is 2.31. The summed E-state index contributed by atoms with van der Waals surface area (Å²) in [6.07, 6.45) is 4.04. The SMILES string of the molecule is COC1CCCC1n1c(CCCl)nc2cc(I)c(F)cc21. The van der Waals surface area contributed by atoms with Gasteiger partial charge in [-0.15, -0.1) is 11.6 Å². The van der Waals surface area contributed by atoms with Crippen LogP contribution in [0.15, 0.2) is 12.1 Å². The number of hydrogen-bond donors (Lipinski definition) is 0. The van der Waals surface area contributed by atoms with Gasteiger partial charge in [-0.05, 0) is 47.9 Å². The first-order valence-corrected chi connectivity index (χ1v) is 8.71. The van der Waals surface area contributed by atoms with Crippen LogP contribution in [0.4, 0.5) is 4.39 Å². The van der Waals surface area contributed by atoms with Gasteiger partial charge in [0.05, 0.1) is 26.7 Å². The lowest BCUT2D eigenvalue weighted by atomic mass is 10.2. The van der Waals surface area contributed by atoms with E-state index in [0.717, 1.165) is 36.1 Å². The summed E-state index contributed by atoms with van der Waals surface area (Å²) >= 11 is 7.91. The molecule has 2 atom stereocenters. The molecule has 1 aromatic carbocycles. The topological polar surface area (TPSA) is 27.1 Å². The highest BCUT2D eigenvalue weighted by molar-refractivity contribution is 14.1.